The van der Waals surface area contributed by atoms with Crippen LogP contribution in [0.2, 0.25) is 0 Å². The summed E-state index contributed by atoms with van der Waals surface area (Å²) in [5.74, 6) is 1.25. The van der Waals surface area contributed by atoms with E-state index in [9.17, 15) is 13.2 Å². The minimum absolute atomic E-state index is 0. The number of hydrogen-bond acceptors (Lipinski definition) is 3. The van der Waals surface area contributed by atoms with Crippen LogP contribution in [0.15, 0.2) is 4.99 Å². The summed E-state index contributed by atoms with van der Waals surface area (Å²) in [7, 11) is 1.74. The van der Waals surface area contributed by atoms with E-state index in [2.05, 4.69) is 41.7 Å². The molecular formula is C17H35F3IN5. The third kappa shape index (κ3) is 13.0. The maximum atomic E-state index is 12.4. The minimum atomic E-state index is -4.09. The molecule has 1 heterocycles. The van der Waals surface area contributed by atoms with Gasteiger partial charge in [-0.1, -0.05) is 0 Å². The van der Waals surface area contributed by atoms with Gasteiger partial charge in [-0.15, -0.1) is 24.0 Å². The monoisotopic (exact) mass is 493 g/mol. The van der Waals surface area contributed by atoms with Crippen molar-refractivity contribution in [3.05, 3.63) is 0 Å². The molecule has 0 spiro atoms. The van der Waals surface area contributed by atoms with Gasteiger partial charge in [-0.05, 0) is 59.0 Å². The third-order valence-corrected chi connectivity index (χ3v) is 4.25. The van der Waals surface area contributed by atoms with Gasteiger partial charge in [0.1, 0.15) is 0 Å². The average Bonchev–Trinajstić information content (AvgIpc) is 2.49. The number of halogens is 4. The Balaban J connectivity index is 0.00000625. The highest BCUT2D eigenvalue weighted by Crippen LogP contribution is 2.23. The lowest BCUT2D eigenvalue weighted by molar-refractivity contribution is -0.148. The van der Waals surface area contributed by atoms with E-state index in [-0.39, 0.29) is 29.5 Å². The van der Waals surface area contributed by atoms with Crippen LogP contribution in [-0.2, 0) is 0 Å². The molecule has 0 bridgehead atoms. The van der Waals surface area contributed by atoms with Gasteiger partial charge in [-0.25, -0.2) is 0 Å². The minimum Gasteiger partial charge on any atom is -0.356 e. The van der Waals surface area contributed by atoms with Crippen LogP contribution in [0.3, 0.4) is 0 Å². The number of guanidine groups is 1. The van der Waals surface area contributed by atoms with Crippen molar-refractivity contribution in [3.8, 4) is 0 Å². The highest BCUT2D eigenvalue weighted by molar-refractivity contribution is 14.0. The summed E-state index contributed by atoms with van der Waals surface area (Å²) in [6, 6.07) is 0. The van der Waals surface area contributed by atoms with E-state index in [4.69, 9.17) is 0 Å². The highest BCUT2D eigenvalue weighted by Gasteiger charge is 2.32. The molecule has 1 rings (SSSR count). The first-order valence-corrected chi connectivity index (χ1v) is 9.08. The fourth-order valence-corrected chi connectivity index (χ4v) is 2.92. The molecule has 0 atom stereocenters. The molecule has 5 nitrogen and oxygen atoms in total. The Labute approximate surface area is 173 Å². The number of piperidine rings is 1. The van der Waals surface area contributed by atoms with Gasteiger partial charge in [0.25, 0.3) is 0 Å². The van der Waals surface area contributed by atoms with Crippen molar-refractivity contribution in [1.82, 2.24) is 20.9 Å². The Hall–Kier alpha value is -0.290. The van der Waals surface area contributed by atoms with E-state index >= 15 is 0 Å². The highest BCUT2D eigenvalue weighted by atomic mass is 127. The van der Waals surface area contributed by atoms with Crippen LogP contribution < -0.4 is 16.0 Å². The molecule has 9 heteroatoms. The zero-order valence-electron chi connectivity index (χ0n) is 16.4. The van der Waals surface area contributed by atoms with Crippen LogP contribution in [-0.4, -0.2) is 68.9 Å². The summed E-state index contributed by atoms with van der Waals surface area (Å²) in [6.07, 6.45) is -1.46. The lowest BCUT2D eigenvalue weighted by Gasteiger charge is -2.32. The van der Waals surface area contributed by atoms with E-state index in [1.165, 1.54) is 4.90 Å². The first kappa shape index (κ1) is 25.7. The summed E-state index contributed by atoms with van der Waals surface area (Å²) in [6.45, 7) is 9.09. The van der Waals surface area contributed by atoms with E-state index in [1.807, 2.05) is 0 Å². The molecule has 0 aliphatic carbocycles. The number of alkyl halides is 3. The summed E-state index contributed by atoms with van der Waals surface area (Å²) >= 11 is 0. The fraction of sp³-hybridized carbons (Fsp3) is 0.941. The third-order valence-electron chi connectivity index (χ3n) is 4.25. The summed E-state index contributed by atoms with van der Waals surface area (Å²) in [4.78, 5) is 5.70. The average molecular weight is 493 g/mol. The summed E-state index contributed by atoms with van der Waals surface area (Å²) in [5, 5.41) is 9.94. The first-order chi connectivity index (χ1) is 11.6. The second kappa shape index (κ2) is 12.2. The van der Waals surface area contributed by atoms with E-state index in [1.54, 1.807) is 7.05 Å². The maximum Gasteiger partial charge on any atom is 0.401 e. The smallest absolute Gasteiger partial charge is 0.356 e. The Morgan fingerprint density at radius 1 is 1.04 bits per heavy atom. The molecule has 0 unspecified atom stereocenters. The molecule has 1 aliphatic heterocycles. The number of rotatable bonds is 7. The van der Waals surface area contributed by atoms with Crippen molar-refractivity contribution in [2.75, 3.05) is 46.3 Å². The molecule has 0 radical (unpaired) electrons. The maximum absolute atomic E-state index is 12.4. The second-order valence-electron chi connectivity index (χ2n) is 7.73. The lowest BCUT2D eigenvalue weighted by atomic mass is 9.93. The van der Waals surface area contributed by atoms with Crippen LogP contribution in [0.1, 0.15) is 40.0 Å². The Morgan fingerprint density at radius 3 is 2.12 bits per heavy atom. The number of nitrogens with one attached hydrogen (secondary N) is 3. The van der Waals surface area contributed by atoms with Crippen molar-refractivity contribution >= 4 is 29.9 Å². The predicted octanol–water partition coefficient (Wildman–Crippen LogP) is 2.82. The molecule has 156 valence electrons. The largest absolute Gasteiger partial charge is 0.401 e. The van der Waals surface area contributed by atoms with Crippen LogP contribution in [0, 0.1) is 5.92 Å². The quantitative estimate of drug-likeness (QED) is 0.221. The number of likely N-dealkylation sites (tertiary alicyclic amines) is 1. The van der Waals surface area contributed by atoms with Crippen molar-refractivity contribution in [3.63, 3.8) is 0 Å². The molecule has 0 aromatic rings. The predicted molar refractivity (Wildman–Crippen MR) is 112 cm³/mol. The van der Waals surface area contributed by atoms with Crippen molar-refractivity contribution in [1.29, 1.82) is 0 Å². The Kier molecular flexibility index (Phi) is 12.1. The fourth-order valence-electron chi connectivity index (χ4n) is 2.92. The SMILES string of the molecule is CN=C(NCCNC(C)(C)C)NCCC1CCN(CC(F)(F)F)CC1.I. The van der Waals surface area contributed by atoms with Gasteiger partial charge in [-0.2, -0.15) is 13.2 Å². The van der Waals surface area contributed by atoms with Crippen LogP contribution in [0.5, 0.6) is 0 Å². The summed E-state index contributed by atoms with van der Waals surface area (Å²) in [5.41, 5.74) is 0.0968. The normalized spacial score (nSPS) is 17.7. The van der Waals surface area contributed by atoms with Gasteiger partial charge < -0.3 is 16.0 Å². The number of nitrogens with zero attached hydrogens (tertiary/aromatic N) is 2. The number of hydrogen-bond donors (Lipinski definition) is 3. The molecule has 0 saturated carbocycles. The van der Waals surface area contributed by atoms with Crippen LogP contribution in [0.4, 0.5) is 13.2 Å². The van der Waals surface area contributed by atoms with Crippen molar-refractivity contribution in [2.45, 2.75) is 51.7 Å². The molecule has 0 amide bonds. The molecule has 0 aromatic heterocycles. The van der Waals surface area contributed by atoms with Crippen LogP contribution >= 0.6 is 24.0 Å². The summed E-state index contributed by atoms with van der Waals surface area (Å²) < 4.78 is 37.2. The Bertz CT molecular complexity index is 402. The molecule has 1 aliphatic rings. The van der Waals surface area contributed by atoms with Crippen molar-refractivity contribution < 1.29 is 13.2 Å². The molecule has 1 saturated heterocycles. The molecule has 0 aromatic carbocycles. The van der Waals surface area contributed by atoms with Gasteiger partial charge in [0.05, 0.1) is 6.54 Å². The Morgan fingerprint density at radius 2 is 1.62 bits per heavy atom. The number of aliphatic imine (C=N–C) groups is 1. The first-order valence-electron chi connectivity index (χ1n) is 9.08. The topological polar surface area (TPSA) is 51.7 Å². The van der Waals surface area contributed by atoms with Gasteiger partial charge >= 0.3 is 6.18 Å². The van der Waals surface area contributed by atoms with Gasteiger partial charge in [0.2, 0.25) is 0 Å². The van der Waals surface area contributed by atoms with E-state index < -0.39 is 12.7 Å². The molecule has 3 N–H and O–H groups in total. The van der Waals surface area contributed by atoms with E-state index in [0.29, 0.717) is 19.0 Å². The van der Waals surface area contributed by atoms with Gasteiger partial charge in [0.15, 0.2) is 5.96 Å². The molecule has 26 heavy (non-hydrogen) atoms. The van der Waals surface area contributed by atoms with Crippen molar-refractivity contribution in [2.24, 2.45) is 10.9 Å². The molecular weight excluding hydrogens is 458 g/mol. The van der Waals surface area contributed by atoms with Gasteiger partial charge in [-0.3, -0.25) is 9.89 Å². The zero-order valence-corrected chi connectivity index (χ0v) is 18.7. The second-order valence-corrected chi connectivity index (χ2v) is 7.73. The van der Waals surface area contributed by atoms with Gasteiger partial charge in [0, 0.05) is 32.2 Å². The lowest BCUT2D eigenvalue weighted by Crippen LogP contribution is -2.45. The zero-order chi connectivity index (χ0) is 18.9. The van der Waals surface area contributed by atoms with Crippen LogP contribution in [0.25, 0.3) is 0 Å². The molecule has 1 fully saturated rings. The van der Waals surface area contributed by atoms with E-state index in [0.717, 1.165) is 44.9 Å². The standard InChI is InChI=1S/C17H34F3N5.HI/c1-16(2,3)24-10-9-23-15(21-4)22-8-5-14-6-11-25(12-7-14)13-17(18,19)20;/h14,24H,5-13H2,1-4H3,(H2,21,22,23);1H.